The highest BCUT2D eigenvalue weighted by molar-refractivity contribution is 5.73. The maximum absolute atomic E-state index is 14.7. The number of carbonyl (C=O) groups is 1. The normalized spacial score (nSPS) is 14.0. The zero-order valence-electron chi connectivity index (χ0n) is 19.4. The molecule has 1 fully saturated rings. The van der Waals surface area contributed by atoms with Gasteiger partial charge in [0.25, 0.3) is 0 Å². The second kappa shape index (κ2) is 10.8. The number of aromatic nitrogens is 3. The number of pyridine rings is 1. The first kappa shape index (κ1) is 25.1. The molecule has 0 aliphatic carbocycles. The lowest BCUT2D eigenvalue weighted by Crippen LogP contribution is -2.48. The summed E-state index contributed by atoms with van der Waals surface area (Å²) in [7, 11) is 0. The average molecular weight is 504 g/mol. The summed E-state index contributed by atoms with van der Waals surface area (Å²) in [6.45, 7) is 4.24. The summed E-state index contributed by atoms with van der Waals surface area (Å²) < 4.78 is 57.8. The van der Waals surface area contributed by atoms with E-state index in [0.29, 0.717) is 43.1 Å². The molecule has 4 rings (SSSR count). The third-order valence-electron chi connectivity index (χ3n) is 5.73. The predicted octanol–water partition coefficient (Wildman–Crippen LogP) is 3.89. The molecule has 0 radical (unpaired) electrons. The van der Waals surface area contributed by atoms with E-state index in [2.05, 4.69) is 20.5 Å². The summed E-state index contributed by atoms with van der Waals surface area (Å²) in [5, 5.41) is 10.9. The summed E-state index contributed by atoms with van der Waals surface area (Å²) in [4.78, 5) is 18.7. The van der Waals surface area contributed by atoms with Crippen LogP contribution in [0.2, 0.25) is 0 Å². The van der Waals surface area contributed by atoms with Gasteiger partial charge >= 0.3 is 6.18 Å². The Balaban J connectivity index is 1.26. The van der Waals surface area contributed by atoms with Crippen LogP contribution in [0.3, 0.4) is 0 Å². The van der Waals surface area contributed by atoms with E-state index in [1.54, 1.807) is 30.0 Å². The fraction of sp³-hybridized carbons (Fsp3) is 0.333. The molecule has 0 atom stereocenters. The highest BCUT2D eigenvalue weighted by atomic mass is 19.4. The smallest absolute Gasteiger partial charge is 0.433 e. The molecule has 3 aromatic rings. The summed E-state index contributed by atoms with van der Waals surface area (Å²) in [6.07, 6.45) is -3.40. The van der Waals surface area contributed by atoms with Gasteiger partial charge in [-0.25, -0.2) is 4.39 Å². The highest BCUT2D eigenvalue weighted by Crippen LogP contribution is 2.27. The van der Waals surface area contributed by atoms with E-state index in [1.807, 2.05) is 11.0 Å². The minimum Gasteiger partial charge on any atom is -0.472 e. The minimum absolute atomic E-state index is 0.0199. The molecule has 0 spiro atoms. The van der Waals surface area contributed by atoms with Crippen molar-refractivity contribution in [1.82, 2.24) is 20.1 Å². The molecular formula is C24H24F4N6O2. The first-order valence-electron chi connectivity index (χ1n) is 11.2. The van der Waals surface area contributed by atoms with E-state index >= 15 is 0 Å². The zero-order chi connectivity index (χ0) is 25.7. The SMILES string of the molecule is CC(=O)N1CCN(c2ccc(CNc3ccc(OCc4ccc(C(F)(F)F)nc4)nn3)c(F)c2)CC1. The molecule has 1 amide bonds. The molecule has 1 N–H and O–H groups in total. The Bertz CT molecular complexity index is 1180. The van der Waals surface area contributed by atoms with Crippen molar-refractivity contribution >= 4 is 17.4 Å². The molecule has 12 heteroatoms. The molecule has 0 bridgehead atoms. The molecular weight excluding hydrogens is 480 g/mol. The highest BCUT2D eigenvalue weighted by Gasteiger charge is 2.32. The second-order valence-corrected chi connectivity index (χ2v) is 8.22. The Morgan fingerprint density at radius 2 is 1.83 bits per heavy atom. The van der Waals surface area contributed by atoms with Crippen LogP contribution in [-0.2, 0) is 24.1 Å². The van der Waals surface area contributed by atoms with Crippen molar-refractivity contribution < 1.29 is 27.1 Å². The number of carbonyl (C=O) groups excluding carboxylic acids is 1. The monoisotopic (exact) mass is 504 g/mol. The molecule has 1 aliphatic rings. The van der Waals surface area contributed by atoms with Gasteiger partial charge in [0.2, 0.25) is 11.8 Å². The van der Waals surface area contributed by atoms with Crippen LogP contribution in [0.25, 0.3) is 0 Å². The van der Waals surface area contributed by atoms with Crippen LogP contribution in [-0.4, -0.2) is 52.2 Å². The van der Waals surface area contributed by atoms with Crippen LogP contribution in [0.15, 0.2) is 48.7 Å². The molecule has 2 aromatic heterocycles. The summed E-state index contributed by atoms with van der Waals surface area (Å²) >= 11 is 0. The number of benzene rings is 1. The topological polar surface area (TPSA) is 83.5 Å². The van der Waals surface area contributed by atoms with Crippen molar-refractivity contribution in [3.63, 3.8) is 0 Å². The van der Waals surface area contributed by atoms with Gasteiger partial charge in [-0.1, -0.05) is 12.1 Å². The molecule has 8 nitrogen and oxygen atoms in total. The number of alkyl halides is 3. The van der Waals surface area contributed by atoms with Gasteiger partial charge in [-0.3, -0.25) is 9.78 Å². The van der Waals surface area contributed by atoms with Crippen molar-refractivity contribution in [1.29, 1.82) is 0 Å². The van der Waals surface area contributed by atoms with Crippen molar-refractivity contribution in [2.75, 3.05) is 36.4 Å². The van der Waals surface area contributed by atoms with E-state index in [9.17, 15) is 22.4 Å². The van der Waals surface area contributed by atoms with Crippen LogP contribution in [0.4, 0.5) is 29.1 Å². The van der Waals surface area contributed by atoms with Crippen molar-refractivity contribution in [3.05, 3.63) is 71.3 Å². The van der Waals surface area contributed by atoms with E-state index in [0.717, 1.165) is 18.0 Å². The van der Waals surface area contributed by atoms with Gasteiger partial charge in [0.05, 0.1) is 0 Å². The molecule has 1 aliphatic heterocycles. The van der Waals surface area contributed by atoms with Crippen LogP contribution in [0, 0.1) is 5.82 Å². The van der Waals surface area contributed by atoms with E-state index in [4.69, 9.17) is 4.74 Å². The molecule has 3 heterocycles. The first-order chi connectivity index (χ1) is 17.2. The standard InChI is InChI=1S/C24H24F4N6O2/c1-16(35)33-8-10-34(11-9-33)19-4-3-18(20(25)12-19)14-30-22-6-7-23(32-31-22)36-15-17-2-5-21(29-13-17)24(26,27)28/h2-7,12-13H,8-11,14-15H2,1H3,(H,30,31). The predicted molar refractivity (Wildman–Crippen MR) is 124 cm³/mol. The summed E-state index contributed by atoms with van der Waals surface area (Å²) in [6, 6.07) is 10.4. The largest absolute Gasteiger partial charge is 0.472 e. The second-order valence-electron chi connectivity index (χ2n) is 8.22. The fourth-order valence-electron chi connectivity index (χ4n) is 3.67. The minimum atomic E-state index is -4.49. The number of halogens is 4. The average Bonchev–Trinajstić information content (AvgIpc) is 2.87. The van der Waals surface area contributed by atoms with Gasteiger partial charge in [0.1, 0.15) is 23.9 Å². The lowest BCUT2D eigenvalue weighted by molar-refractivity contribution is -0.141. The maximum Gasteiger partial charge on any atom is 0.433 e. The summed E-state index contributed by atoms with van der Waals surface area (Å²) in [5.74, 6) is 0.275. The number of nitrogens with zero attached hydrogens (tertiary/aromatic N) is 5. The number of amides is 1. The van der Waals surface area contributed by atoms with Gasteiger partial charge < -0.3 is 19.9 Å². The third kappa shape index (κ3) is 6.37. The van der Waals surface area contributed by atoms with E-state index in [-0.39, 0.29) is 30.8 Å². The first-order valence-corrected chi connectivity index (χ1v) is 11.2. The molecule has 0 saturated carbocycles. The number of ether oxygens (including phenoxy) is 1. The maximum atomic E-state index is 14.7. The molecule has 1 aromatic carbocycles. The van der Waals surface area contributed by atoms with Gasteiger partial charge in [-0.15, -0.1) is 10.2 Å². The Kier molecular flexibility index (Phi) is 7.51. The number of anilines is 2. The van der Waals surface area contributed by atoms with Crippen LogP contribution >= 0.6 is 0 Å². The van der Waals surface area contributed by atoms with Gasteiger partial charge in [0, 0.05) is 68.7 Å². The number of rotatable bonds is 7. The van der Waals surface area contributed by atoms with Crippen molar-refractivity contribution in [2.24, 2.45) is 0 Å². The third-order valence-corrected chi connectivity index (χ3v) is 5.73. The lowest BCUT2D eigenvalue weighted by atomic mass is 10.1. The van der Waals surface area contributed by atoms with Crippen molar-refractivity contribution in [3.8, 4) is 5.88 Å². The molecule has 190 valence electrons. The molecule has 36 heavy (non-hydrogen) atoms. The van der Waals surface area contributed by atoms with E-state index in [1.165, 1.54) is 12.1 Å². The quantitative estimate of drug-likeness (QED) is 0.489. The van der Waals surface area contributed by atoms with Gasteiger partial charge in [-0.05, 0) is 24.3 Å². The van der Waals surface area contributed by atoms with Crippen LogP contribution in [0.1, 0.15) is 23.7 Å². The van der Waals surface area contributed by atoms with Crippen LogP contribution in [0.5, 0.6) is 5.88 Å². The van der Waals surface area contributed by atoms with Gasteiger partial charge in [0.15, 0.2) is 0 Å². The number of hydrogen-bond donors (Lipinski definition) is 1. The summed E-state index contributed by atoms with van der Waals surface area (Å²) in [5.41, 5.74) is 0.703. The van der Waals surface area contributed by atoms with Gasteiger partial charge in [-0.2, -0.15) is 13.2 Å². The Labute approximate surface area is 204 Å². The number of hydrogen-bond acceptors (Lipinski definition) is 7. The Hall–Kier alpha value is -3.96. The molecule has 1 saturated heterocycles. The lowest BCUT2D eigenvalue weighted by Gasteiger charge is -2.35. The Morgan fingerprint density at radius 3 is 2.42 bits per heavy atom. The Morgan fingerprint density at radius 1 is 1.06 bits per heavy atom. The fourth-order valence-corrected chi connectivity index (χ4v) is 3.67. The number of piperazine rings is 1. The zero-order valence-corrected chi connectivity index (χ0v) is 19.4. The van der Waals surface area contributed by atoms with Crippen LogP contribution < -0.4 is 15.0 Å². The van der Waals surface area contributed by atoms with Crippen molar-refractivity contribution in [2.45, 2.75) is 26.3 Å². The number of nitrogens with one attached hydrogen (secondary N) is 1. The molecule has 0 unspecified atom stereocenters. The van der Waals surface area contributed by atoms with E-state index < -0.39 is 11.9 Å².